The molecule has 1 aromatic rings. The summed E-state index contributed by atoms with van der Waals surface area (Å²) in [5, 5.41) is 6.18. The van der Waals surface area contributed by atoms with E-state index >= 15 is 0 Å². The number of anilines is 1. The fourth-order valence-corrected chi connectivity index (χ4v) is 2.54. The highest BCUT2D eigenvalue weighted by Gasteiger charge is 2.41. The summed E-state index contributed by atoms with van der Waals surface area (Å²) in [6.45, 7) is 3.68. The first-order valence-electron chi connectivity index (χ1n) is 6.72. The van der Waals surface area contributed by atoms with Crippen LogP contribution in [-0.2, 0) is 0 Å². The van der Waals surface area contributed by atoms with Gasteiger partial charge in [-0.2, -0.15) is 11.8 Å². The third kappa shape index (κ3) is 3.86. The molecule has 1 aliphatic carbocycles. The second-order valence-electron chi connectivity index (χ2n) is 4.93. The number of carbonyl (C=O) groups excluding carboxylic acids is 1. The third-order valence-corrected chi connectivity index (χ3v) is 4.81. The molecule has 0 spiro atoms. The summed E-state index contributed by atoms with van der Waals surface area (Å²) in [6, 6.07) is 3.69. The zero-order valence-corrected chi connectivity index (χ0v) is 12.3. The summed E-state index contributed by atoms with van der Waals surface area (Å²) in [5.74, 6) is 0.788. The van der Waals surface area contributed by atoms with Gasteiger partial charge in [0.25, 0.3) is 5.91 Å². The molecule has 4 nitrogen and oxygen atoms in total. The topological polar surface area (TPSA) is 54.0 Å². The lowest BCUT2D eigenvalue weighted by molar-refractivity contribution is 0.0953. The molecule has 1 fully saturated rings. The first-order valence-corrected chi connectivity index (χ1v) is 7.95. The van der Waals surface area contributed by atoms with Gasteiger partial charge >= 0.3 is 0 Å². The van der Waals surface area contributed by atoms with Crippen LogP contribution in [0, 0.1) is 0 Å². The maximum absolute atomic E-state index is 11.7. The van der Waals surface area contributed by atoms with Crippen molar-refractivity contribution >= 4 is 23.5 Å². The molecule has 1 aliphatic rings. The molecular weight excluding hydrogens is 258 g/mol. The molecule has 104 valence electrons. The molecule has 0 saturated heterocycles. The molecule has 1 aromatic heterocycles. The summed E-state index contributed by atoms with van der Waals surface area (Å²) in [6.07, 6.45) is 7.28. The Kier molecular flexibility index (Phi) is 4.69. The number of nitrogens with one attached hydrogen (secondary N) is 2. The maximum Gasteiger partial charge on any atom is 0.252 e. The van der Waals surface area contributed by atoms with Crippen LogP contribution in [0.25, 0.3) is 0 Å². The molecule has 0 atom stereocenters. The minimum Gasteiger partial charge on any atom is -0.369 e. The van der Waals surface area contributed by atoms with Crippen molar-refractivity contribution in [2.45, 2.75) is 30.9 Å². The van der Waals surface area contributed by atoms with Gasteiger partial charge in [0, 0.05) is 24.0 Å². The number of thioether (sulfide) groups is 1. The van der Waals surface area contributed by atoms with E-state index in [2.05, 4.69) is 21.9 Å². The van der Waals surface area contributed by atoms with Crippen molar-refractivity contribution in [3.05, 3.63) is 23.9 Å². The van der Waals surface area contributed by atoms with Gasteiger partial charge in [-0.25, -0.2) is 4.98 Å². The van der Waals surface area contributed by atoms with Gasteiger partial charge in [0.05, 0.1) is 5.56 Å². The molecule has 1 saturated carbocycles. The SMILES string of the molecule is CCCNC(=O)c1ccc(NCC2(SC)CC2)nc1. The van der Waals surface area contributed by atoms with Gasteiger partial charge < -0.3 is 10.6 Å². The van der Waals surface area contributed by atoms with Crippen LogP contribution in [0.1, 0.15) is 36.5 Å². The van der Waals surface area contributed by atoms with E-state index in [1.807, 2.05) is 30.8 Å². The van der Waals surface area contributed by atoms with E-state index in [0.717, 1.165) is 18.8 Å². The number of aromatic nitrogens is 1. The molecule has 2 N–H and O–H groups in total. The molecule has 1 amide bonds. The molecular formula is C14H21N3OS. The first-order chi connectivity index (χ1) is 9.19. The molecule has 0 radical (unpaired) electrons. The summed E-state index contributed by atoms with van der Waals surface area (Å²) in [7, 11) is 0. The number of nitrogens with zero attached hydrogens (tertiary/aromatic N) is 1. The number of carbonyl (C=O) groups is 1. The Morgan fingerprint density at radius 3 is 2.79 bits per heavy atom. The summed E-state index contributed by atoms with van der Waals surface area (Å²) < 4.78 is 0.416. The van der Waals surface area contributed by atoms with E-state index < -0.39 is 0 Å². The fourth-order valence-electron chi connectivity index (χ4n) is 1.82. The van der Waals surface area contributed by atoms with Crippen LogP contribution in [0.4, 0.5) is 5.82 Å². The lowest BCUT2D eigenvalue weighted by Gasteiger charge is -2.13. The molecule has 1 heterocycles. The minimum atomic E-state index is -0.0522. The van der Waals surface area contributed by atoms with Crippen molar-refractivity contribution in [1.29, 1.82) is 0 Å². The fraction of sp³-hybridized carbons (Fsp3) is 0.571. The Bertz CT molecular complexity index is 429. The van der Waals surface area contributed by atoms with E-state index in [1.54, 1.807) is 6.20 Å². The lowest BCUT2D eigenvalue weighted by Crippen LogP contribution is -2.24. The van der Waals surface area contributed by atoms with Crippen LogP contribution in [0.15, 0.2) is 18.3 Å². The Morgan fingerprint density at radius 1 is 1.47 bits per heavy atom. The molecule has 0 aliphatic heterocycles. The monoisotopic (exact) mass is 279 g/mol. The van der Waals surface area contributed by atoms with Crippen LogP contribution >= 0.6 is 11.8 Å². The van der Waals surface area contributed by atoms with Gasteiger partial charge in [-0.05, 0) is 37.7 Å². The molecule has 0 aromatic carbocycles. The van der Waals surface area contributed by atoms with Crippen molar-refractivity contribution in [1.82, 2.24) is 10.3 Å². The Balaban J connectivity index is 1.85. The summed E-state index contributed by atoms with van der Waals surface area (Å²) in [4.78, 5) is 16.0. The quantitative estimate of drug-likeness (QED) is 0.805. The van der Waals surface area contributed by atoms with Gasteiger partial charge in [-0.15, -0.1) is 0 Å². The van der Waals surface area contributed by atoms with Crippen LogP contribution in [0.5, 0.6) is 0 Å². The molecule has 2 rings (SSSR count). The number of amides is 1. The number of hydrogen-bond donors (Lipinski definition) is 2. The summed E-state index contributed by atoms with van der Waals surface area (Å²) >= 11 is 1.92. The molecule has 0 unspecified atom stereocenters. The minimum absolute atomic E-state index is 0.0522. The highest BCUT2D eigenvalue weighted by molar-refractivity contribution is 8.00. The number of pyridine rings is 1. The predicted molar refractivity (Wildman–Crippen MR) is 80.8 cm³/mol. The zero-order valence-electron chi connectivity index (χ0n) is 11.5. The van der Waals surface area contributed by atoms with Crippen LogP contribution in [0.2, 0.25) is 0 Å². The van der Waals surface area contributed by atoms with E-state index in [0.29, 0.717) is 16.9 Å². The average Bonchev–Trinajstić information content (AvgIpc) is 3.24. The second-order valence-corrected chi connectivity index (χ2v) is 6.20. The normalized spacial score (nSPS) is 15.9. The molecule has 0 bridgehead atoms. The van der Waals surface area contributed by atoms with Gasteiger partial charge in [-0.3, -0.25) is 4.79 Å². The van der Waals surface area contributed by atoms with E-state index in [-0.39, 0.29) is 5.91 Å². The second kappa shape index (κ2) is 6.28. The Labute approximate surface area is 118 Å². The Morgan fingerprint density at radius 2 is 2.26 bits per heavy atom. The van der Waals surface area contributed by atoms with Gasteiger partial charge in [0.2, 0.25) is 0 Å². The summed E-state index contributed by atoms with van der Waals surface area (Å²) in [5.41, 5.74) is 0.616. The number of rotatable bonds is 7. The molecule has 5 heteroatoms. The maximum atomic E-state index is 11.7. The van der Waals surface area contributed by atoms with E-state index in [9.17, 15) is 4.79 Å². The Hall–Kier alpha value is -1.23. The predicted octanol–water partition coefficient (Wildman–Crippen LogP) is 2.53. The average molecular weight is 279 g/mol. The first kappa shape index (κ1) is 14.2. The van der Waals surface area contributed by atoms with Crippen LogP contribution in [0.3, 0.4) is 0 Å². The largest absolute Gasteiger partial charge is 0.369 e. The van der Waals surface area contributed by atoms with Crippen molar-refractivity contribution < 1.29 is 4.79 Å². The van der Waals surface area contributed by atoms with Gasteiger partial charge in [0.15, 0.2) is 0 Å². The highest BCUT2D eigenvalue weighted by Crippen LogP contribution is 2.46. The van der Waals surface area contributed by atoms with Crippen LogP contribution < -0.4 is 10.6 Å². The van der Waals surface area contributed by atoms with E-state index in [4.69, 9.17) is 0 Å². The van der Waals surface area contributed by atoms with Gasteiger partial charge in [-0.1, -0.05) is 6.92 Å². The van der Waals surface area contributed by atoms with Crippen LogP contribution in [-0.4, -0.2) is 35.0 Å². The highest BCUT2D eigenvalue weighted by atomic mass is 32.2. The molecule has 19 heavy (non-hydrogen) atoms. The lowest BCUT2D eigenvalue weighted by atomic mass is 10.2. The smallest absolute Gasteiger partial charge is 0.252 e. The van der Waals surface area contributed by atoms with Crippen molar-refractivity contribution in [2.75, 3.05) is 24.7 Å². The van der Waals surface area contributed by atoms with E-state index in [1.165, 1.54) is 12.8 Å². The van der Waals surface area contributed by atoms with Gasteiger partial charge in [0.1, 0.15) is 5.82 Å². The third-order valence-electron chi connectivity index (χ3n) is 3.39. The standard InChI is InChI=1S/C14H21N3OS/c1-3-8-15-13(18)11-4-5-12(16-9-11)17-10-14(19-2)6-7-14/h4-5,9H,3,6-8,10H2,1-2H3,(H,15,18)(H,16,17). The van der Waals surface area contributed by atoms with Crippen molar-refractivity contribution in [3.63, 3.8) is 0 Å². The zero-order chi connectivity index (χ0) is 13.7. The van der Waals surface area contributed by atoms with Crippen molar-refractivity contribution in [3.8, 4) is 0 Å². The van der Waals surface area contributed by atoms with Crippen molar-refractivity contribution in [2.24, 2.45) is 0 Å². The number of hydrogen-bond acceptors (Lipinski definition) is 4.